The van der Waals surface area contributed by atoms with E-state index in [0.717, 1.165) is 10.6 Å². The highest BCUT2D eigenvalue weighted by molar-refractivity contribution is 6.31. The van der Waals surface area contributed by atoms with E-state index in [-0.39, 0.29) is 0 Å². The molecule has 3 heteroatoms. The lowest BCUT2D eigenvalue weighted by atomic mass is 9.91. The largest absolute Gasteiger partial charge is 0.382 e. The lowest BCUT2D eigenvalue weighted by Gasteiger charge is -2.30. The van der Waals surface area contributed by atoms with Crippen molar-refractivity contribution in [2.75, 3.05) is 12.4 Å². The zero-order chi connectivity index (χ0) is 12.3. The molecule has 2 nitrogen and oxygen atoms in total. The van der Waals surface area contributed by atoms with E-state index in [0.29, 0.717) is 12.1 Å². The Bertz CT molecular complexity index is 370. The van der Waals surface area contributed by atoms with Crippen LogP contribution in [0.5, 0.6) is 0 Å². The molecule has 1 aliphatic rings. The molecule has 0 amide bonds. The maximum atomic E-state index is 6.13. The van der Waals surface area contributed by atoms with E-state index in [2.05, 4.69) is 30.7 Å². The van der Waals surface area contributed by atoms with Gasteiger partial charge in [0.25, 0.3) is 0 Å². The van der Waals surface area contributed by atoms with E-state index in [9.17, 15) is 0 Å². The van der Waals surface area contributed by atoms with Gasteiger partial charge >= 0.3 is 0 Å². The van der Waals surface area contributed by atoms with E-state index in [1.165, 1.54) is 31.4 Å². The lowest BCUT2D eigenvalue weighted by Crippen LogP contribution is -2.35. The van der Waals surface area contributed by atoms with Crippen LogP contribution in [0.1, 0.15) is 31.2 Å². The second-order valence-electron chi connectivity index (χ2n) is 4.89. The summed E-state index contributed by atoms with van der Waals surface area (Å²) in [5, 5.41) is 7.83. The standard InChI is InChI=1S/C14H21ClN2/c1-10-13(15)4-3-5-14(10)17-12-8-6-11(16-2)7-9-12/h3-5,11-12,16-17H,6-9H2,1-2H3. The third-order valence-corrected chi connectivity index (χ3v) is 4.17. The quantitative estimate of drug-likeness (QED) is 0.859. The van der Waals surface area contributed by atoms with Crippen molar-refractivity contribution >= 4 is 17.3 Å². The first kappa shape index (κ1) is 12.7. The van der Waals surface area contributed by atoms with Crippen molar-refractivity contribution in [1.82, 2.24) is 5.32 Å². The number of anilines is 1. The van der Waals surface area contributed by atoms with E-state index in [1.54, 1.807) is 0 Å². The zero-order valence-corrected chi connectivity index (χ0v) is 11.3. The molecule has 1 saturated carbocycles. The Morgan fingerprint density at radius 1 is 1.12 bits per heavy atom. The van der Waals surface area contributed by atoms with Crippen molar-refractivity contribution in [1.29, 1.82) is 0 Å². The van der Waals surface area contributed by atoms with Crippen molar-refractivity contribution in [2.24, 2.45) is 0 Å². The summed E-state index contributed by atoms with van der Waals surface area (Å²) in [6, 6.07) is 7.37. The normalized spacial score (nSPS) is 24.6. The summed E-state index contributed by atoms with van der Waals surface area (Å²) in [5.74, 6) is 0. The summed E-state index contributed by atoms with van der Waals surface area (Å²) in [7, 11) is 2.06. The Morgan fingerprint density at radius 3 is 2.41 bits per heavy atom. The maximum Gasteiger partial charge on any atom is 0.0455 e. The Hall–Kier alpha value is -0.730. The highest BCUT2D eigenvalue weighted by atomic mass is 35.5. The summed E-state index contributed by atoms with van der Waals surface area (Å²) in [6.07, 6.45) is 4.98. The summed E-state index contributed by atoms with van der Waals surface area (Å²) >= 11 is 6.13. The third kappa shape index (κ3) is 3.14. The summed E-state index contributed by atoms with van der Waals surface area (Å²) in [5.41, 5.74) is 2.34. The lowest BCUT2D eigenvalue weighted by molar-refractivity contribution is 0.371. The molecule has 0 bridgehead atoms. The van der Waals surface area contributed by atoms with Gasteiger partial charge in [-0.1, -0.05) is 17.7 Å². The fraction of sp³-hybridized carbons (Fsp3) is 0.571. The predicted octanol–water partition coefficient (Wildman–Crippen LogP) is 3.59. The molecule has 0 unspecified atom stereocenters. The second-order valence-corrected chi connectivity index (χ2v) is 5.30. The average Bonchev–Trinajstić information content (AvgIpc) is 2.36. The van der Waals surface area contributed by atoms with Gasteiger partial charge in [0.2, 0.25) is 0 Å². The van der Waals surface area contributed by atoms with E-state index in [4.69, 9.17) is 11.6 Å². The van der Waals surface area contributed by atoms with E-state index in [1.807, 2.05) is 12.1 Å². The van der Waals surface area contributed by atoms with Crippen LogP contribution in [0.4, 0.5) is 5.69 Å². The minimum absolute atomic E-state index is 0.594. The molecule has 0 aliphatic heterocycles. The molecule has 0 heterocycles. The molecule has 1 fully saturated rings. The van der Waals surface area contributed by atoms with Crippen LogP contribution in [0.25, 0.3) is 0 Å². The van der Waals surface area contributed by atoms with Crippen LogP contribution in [0.2, 0.25) is 5.02 Å². The first-order valence-electron chi connectivity index (χ1n) is 6.39. The molecule has 17 heavy (non-hydrogen) atoms. The van der Waals surface area contributed by atoms with Crippen LogP contribution in [0.3, 0.4) is 0 Å². The number of benzene rings is 1. The van der Waals surface area contributed by atoms with Crippen molar-refractivity contribution < 1.29 is 0 Å². The third-order valence-electron chi connectivity index (χ3n) is 3.76. The van der Waals surface area contributed by atoms with Crippen LogP contribution >= 0.6 is 11.6 Å². The van der Waals surface area contributed by atoms with Crippen LogP contribution in [-0.4, -0.2) is 19.1 Å². The Labute approximate surface area is 109 Å². The summed E-state index contributed by atoms with van der Waals surface area (Å²) in [6.45, 7) is 2.07. The van der Waals surface area contributed by atoms with Gasteiger partial charge in [0.1, 0.15) is 0 Å². The molecule has 0 saturated heterocycles. The van der Waals surface area contributed by atoms with Gasteiger partial charge in [-0.25, -0.2) is 0 Å². The van der Waals surface area contributed by atoms with Gasteiger partial charge in [-0.05, 0) is 57.4 Å². The topological polar surface area (TPSA) is 24.1 Å². The van der Waals surface area contributed by atoms with E-state index < -0.39 is 0 Å². The highest BCUT2D eigenvalue weighted by Gasteiger charge is 2.20. The zero-order valence-electron chi connectivity index (χ0n) is 10.6. The Kier molecular flexibility index (Phi) is 4.30. The predicted molar refractivity (Wildman–Crippen MR) is 74.9 cm³/mol. The van der Waals surface area contributed by atoms with Crippen molar-refractivity contribution in [2.45, 2.75) is 44.7 Å². The highest BCUT2D eigenvalue weighted by Crippen LogP contribution is 2.27. The monoisotopic (exact) mass is 252 g/mol. The smallest absolute Gasteiger partial charge is 0.0455 e. The first-order valence-corrected chi connectivity index (χ1v) is 6.77. The minimum atomic E-state index is 0.594. The van der Waals surface area contributed by atoms with Gasteiger partial charge in [-0.15, -0.1) is 0 Å². The second kappa shape index (κ2) is 5.74. The summed E-state index contributed by atoms with van der Waals surface area (Å²) in [4.78, 5) is 0. The molecule has 0 aromatic heterocycles. The number of halogens is 1. The number of hydrogen-bond acceptors (Lipinski definition) is 2. The minimum Gasteiger partial charge on any atom is -0.382 e. The van der Waals surface area contributed by atoms with Crippen LogP contribution < -0.4 is 10.6 Å². The van der Waals surface area contributed by atoms with Crippen molar-refractivity contribution in [3.05, 3.63) is 28.8 Å². The Morgan fingerprint density at radius 2 is 1.76 bits per heavy atom. The number of hydrogen-bond donors (Lipinski definition) is 2. The molecular formula is C14H21ClN2. The molecule has 2 rings (SSSR count). The van der Waals surface area contributed by atoms with Gasteiger partial charge in [-0.2, -0.15) is 0 Å². The van der Waals surface area contributed by atoms with Gasteiger partial charge in [-0.3, -0.25) is 0 Å². The van der Waals surface area contributed by atoms with E-state index >= 15 is 0 Å². The van der Waals surface area contributed by atoms with Gasteiger partial charge in [0.05, 0.1) is 0 Å². The van der Waals surface area contributed by atoms with Gasteiger partial charge in [0.15, 0.2) is 0 Å². The molecule has 0 atom stereocenters. The van der Waals surface area contributed by atoms with Crippen LogP contribution in [0.15, 0.2) is 18.2 Å². The number of nitrogens with one attached hydrogen (secondary N) is 2. The van der Waals surface area contributed by atoms with Crippen LogP contribution in [-0.2, 0) is 0 Å². The van der Waals surface area contributed by atoms with Crippen LogP contribution in [0, 0.1) is 6.92 Å². The molecular weight excluding hydrogens is 232 g/mol. The molecule has 1 aromatic rings. The fourth-order valence-corrected chi connectivity index (χ4v) is 2.68. The van der Waals surface area contributed by atoms with Crippen molar-refractivity contribution in [3.63, 3.8) is 0 Å². The molecule has 1 aliphatic carbocycles. The van der Waals surface area contributed by atoms with Crippen molar-refractivity contribution in [3.8, 4) is 0 Å². The summed E-state index contributed by atoms with van der Waals surface area (Å²) < 4.78 is 0. The molecule has 2 N–H and O–H groups in total. The molecule has 0 spiro atoms. The molecule has 1 aromatic carbocycles. The maximum absolute atomic E-state index is 6.13. The molecule has 94 valence electrons. The average molecular weight is 253 g/mol. The number of rotatable bonds is 3. The van der Waals surface area contributed by atoms with Gasteiger partial charge in [0, 0.05) is 22.8 Å². The fourth-order valence-electron chi connectivity index (χ4n) is 2.51. The molecule has 0 radical (unpaired) electrons. The Balaban J connectivity index is 1.95. The van der Waals surface area contributed by atoms with Gasteiger partial charge < -0.3 is 10.6 Å². The SMILES string of the molecule is CNC1CCC(Nc2cccc(Cl)c2C)CC1. The first-order chi connectivity index (χ1) is 8.20.